The Bertz CT molecular complexity index is 9180. The SMILES string of the molecule is c1ccc(-n2c(-c3cc(-c4ccc(-c5ccc6c(c5)-c5c(ccc7ccccc57)C65c6ccccc6Oc6ccccc65)cc4)cc(-c4nc5ccccc5n4-c4ccc(-c5cccc6c7c(ccc56)C5(c6ccccc6Oc6ccccc65)c5cc(-c6cc(-c8nc9ccccc9n8-c8ccccc8)cc(-c8nc9ccccc9n8-c8ccccc8)c6)ccc5-7)cc4)c3)nc3ccccc32)cc1. The molecule has 6 heterocycles. The third-order valence-electron chi connectivity index (χ3n) is 29.3. The second kappa shape index (κ2) is 30.1. The number of imidazole rings is 4. The molecule has 0 N–H and O–H groups in total. The average Bonchev–Trinajstić information content (AvgIpc) is 1.51. The van der Waals surface area contributed by atoms with Gasteiger partial charge in [-0.3, -0.25) is 18.3 Å². The predicted molar refractivity (Wildman–Crippen MR) is 558 cm³/mol. The molecule has 2 aliphatic carbocycles. The number of nitrogens with zero attached hydrogens (tertiary/aromatic N) is 8. The second-order valence-corrected chi connectivity index (χ2v) is 36.6. The quantitative estimate of drug-likeness (QED) is 0.121. The Kier molecular flexibility index (Phi) is 16.8. The highest BCUT2D eigenvalue weighted by atomic mass is 16.5. The lowest BCUT2D eigenvalue weighted by Crippen LogP contribution is -2.32. The van der Waals surface area contributed by atoms with Gasteiger partial charge in [0.1, 0.15) is 46.3 Å². The highest BCUT2D eigenvalue weighted by molar-refractivity contribution is 6.11. The van der Waals surface area contributed by atoms with E-state index in [0.717, 1.165) is 219 Å². The lowest BCUT2D eigenvalue weighted by molar-refractivity contribution is 0.436. The van der Waals surface area contributed by atoms with Crippen LogP contribution in [0.25, 0.3) is 201 Å². The number of ether oxygens (including phenoxy) is 2. The fourth-order valence-electron chi connectivity index (χ4n) is 23.4. The maximum Gasteiger partial charge on any atom is 0.145 e. The summed E-state index contributed by atoms with van der Waals surface area (Å²) in [5, 5.41) is 4.74. The zero-order valence-corrected chi connectivity index (χ0v) is 74.4. The first-order chi connectivity index (χ1) is 68.4. The van der Waals surface area contributed by atoms with Gasteiger partial charge in [-0.2, -0.15) is 0 Å². The van der Waals surface area contributed by atoms with Crippen molar-refractivity contribution in [1.29, 1.82) is 0 Å². The van der Waals surface area contributed by atoms with Crippen LogP contribution >= 0.6 is 0 Å². The third-order valence-corrected chi connectivity index (χ3v) is 29.3. The molecule has 0 radical (unpaired) electrons. The van der Waals surface area contributed by atoms with Gasteiger partial charge >= 0.3 is 0 Å². The van der Waals surface area contributed by atoms with Crippen LogP contribution in [0, 0.1) is 0 Å². The number of hydrogen-bond donors (Lipinski definition) is 0. The molecule has 25 aromatic rings. The van der Waals surface area contributed by atoms with Crippen molar-refractivity contribution in [2.75, 3.05) is 0 Å². The van der Waals surface area contributed by atoms with E-state index in [1.54, 1.807) is 0 Å². The Morgan fingerprint density at radius 1 is 0.174 bits per heavy atom. The van der Waals surface area contributed by atoms with Gasteiger partial charge in [-0.1, -0.05) is 303 Å². The van der Waals surface area contributed by atoms with E-state index in [1.165, 1.54) is 49.7 Å². The summed E-state index contributed by atoms with van der Waals surface area (Å²) in [6, 6.07) is 172. The van der Waals surface area contributed by atoms with E-state index in [1.807, 2.05) is 0 Å². The second-order valence-electron chi connectivity index (χ2n) is 36.6. The molecule has 0 atom stereocenters. The van der Waals surface area contributed by atoms with Gasteiger partial charge in [0.15, 0.2) is 0 Å². The lowest BCUT2D eigenvalue weighted by atomic mass is 9.65. The summed E-state index contributed by atoms with van der Waals surface area (Å²) in [4.78, 5) is 22.3. The molecule has 0 amide bonds. The van der Waals surface area contributed by atoms with Crippen molar-refractivity contribution in [3.63, 3.8) is 0 Å². The smallest absolute Gasteiger partial charge is 0.145 e. The van der Waals surface area contributed by atoms with Crippen LogP contribution in [0.5, 0.6) is 23.0 Å². The summed E-state index contributed by atoms with van der Waals surface area (Å²) in [5.41, 5.74) is 36.8. The molecule has 21 aromatic carbocycles. The molecular weight excluding hydrogens is 1680 g/mol. The van der Waals surface area contributed by atoms with Crippen LogP contribution in [-0.2, 0) is 10.8 Å². The van der Waals surface area contributed by atoms with Gasteiger partial charge in [-0.05, 0) is 280 Å². The Morgan fingerprint density at radius 3 is 0.978 bits per heavy atom. The number of para-hydroxylation sites is 15. The first kappa shape index (κ1) is 77.2. The highest BCUT2D eigenvalue weighted by Gasteiger charge is 2.54. The Hall–Kier alpha value is -18.4. The van der Waals surface area contributed by atoms with E-state index in [9.17, 15) is 0 Å². The van der Waals surface area contributed by atoms with Crippen LogP contribution in [0.1, 0.15) is 44.5 Å². The van der Waals surface area contributed by atoms with Crippen LogP contribution in [0.4, 0.5) is 0 Å². The van der Waals surface area contributed by atoms with E-state index in [0.29, 0.717) is 0 Å². The van der Waals surface area contributed by atoms with Crippen molar-refractivity contribution in [3.05, 3.63) is 518 Å². The minimum absolute atomic E-state index is 0.605. The van der Waals surface area contributed by atoms with Gasteiger partial charge in [0.05, 0.1) is 55.0 Å². The van der Waals surface area contributed by atoms with Gasteiger partial charge in [-0.25, -0.2) is 19.9 Å². The summed E-state index contributed by atoms with van der Waals surface area (Å²) in [5.74, 6) is 6.68. The first-order valence-corrected chi connectivity index (χ1v) is 47.1. The first-order valence-electron chi connectivity index (χ1n) is 47.1. The zero-order valence-electron chi connectivity index (χ0n) is 74.4. The summed E-state index contributed by atoms with van der Waals surface area (Å²) in [6.45, 7) is 0. The molecule has 0 bridgehead atoms. The molecule has 0 saturated heterocycles. The molecule has 0 saturated carbocycles. The molecule has 2 spiro atoms. The number of rotatable bonds is 12. The number of aromatic nitrogens is 8. The molecule has 138 heavy (non-hydrogen) atoms. The van der Waals surface area contributed by atoms with Gasteiger partial charge in [0.2, 0.25) is 0 Å². The fourth-order valence-corrected chi connectivity index (χ4v) is 23.4. The minimum Gasteiger partial charge on any atom is -0.457 e. The minimum atomic E-state index is -0.818. The molecular formula is C128H78N8O2. The third kappa shape index (κ3) is 11.4. The molecule has 2 aliphatic heterocycles. The molecule has 4 aliphatic rings. The summed E-state index contributed by atoms with van der Waals surface area (Å²) < 4.78 is 23.1. The average molecular weight is 1760 g/mol. The fraction of sp³-hybridized carbons (Fsp3) is 0.0156. The molecule has 29 rings (SSSR count). The van der Waals surface area contributed by atoms with E-state index in [2.05, 4.69) is 491 Å². The summed E-state index contributed by atoms with van der Waals surface area (Å²) >= 11 is 0. The van der Waals surface area contributed by atoms with Crippen molar-refractivity contribution in [1.82, 2.24) is 38.2 Å². The standard InChI is InChI=1S/C128H78N8O2/c1-4-30-91(31-5-1)133-113-47-20-16-43-109(113)129-123(133)87-71-85(80-57-55-79(56-58-80)83-63-68-101-100(77-83)121-96-36-11-10-29-81(96)62-69-106(121)127(101)102-39-12-24-51-117(102)137-118-52-25-13-40-103(118)127)72-88(75-87)126-132-112-46-19-23-50-116(112)136(126)94-64-59-82(60-65-94)95-37-28-38-98-97(95)67-70-107-122(98)99-66-61-84(78-108(99)128(107)104-41-14-26-53-119(104)138-120-54-27-15-42-105(120)128)86-73-89(124-130-110-44-17-21-48-114(110)134(124)92-32-6-2-7-33-92)76-90(74-86)125-131-111-45-18-22-49-115(111)135(125)93-34-8-3-9-35-93/h1-78H. The summed E-state index contributed by atoms with van der Waals surface area (Å²) in [7, 11) is 0. The Labute approximate surface area is 794 Å². The van der Waals surface area contributed by atoms with Crippen LogP contribution in [0.2, 0.25) is 0 Å². The van der Waals surface area contributed by atoms with Crippen LogP contribution in [-0.4, -0.2) is 38.2 Å². The predicted octanol–water partition coefficient (Wildman–Crippen LogP) is 31.6. The van der Waals surface area contributed by atoms with Crippen molar-refractivity contribution >= 4 is 65.7 Å². The molecule has 0 fully saturated rings. The maximum atomic E-state index is 7.05. The monoisotopic (exact) mass is 1760 g/mol. The van der Waals surface area contributed by atoms with Crippen LogP contribution in [0.15, 0.2) is 473 Å². The van der Waals surface area contributed by atoms with Crippen molar-refractivity contribution in [3.8, 4) is 158 Å². The normalized spacial score (nSPS) is 13.2. The Morgan fingerprint density at radius 2 is 0.507 bits per heavy atom. The van der Waals surface area contributed by atoms with E-state index >= 15 is 0 Å². The van der Waals surface area contributed by atoms with Crippen LogP contribution < -0.4 is 9.47 Å². The number of benzene rings is 21. The number of hydrogen-bond acceptors (Lipinski definition) is 6. The van der Waals surface area contributed by atoms with Gasteiger partial charge in [0, 0.05) is 67.3 Å². The van der Waals surface area contributed by atoms with E-state index in [4.69, 9.17) is 29.4 Å². The molecule has 0 unspecified atom stereocenters. The van der Waals surface area contributed by atoms with Crippen molar-refractivity contribution < 1.29 is 9.47 Å². The summed E-state index contributed by atoms with van der Waals surface area (Å²) in [6.07, 6.45) is 0. The lowest BCUT2D eigenvalue weighted by Gasteiger charge is -2.39. The largest absolute Gasteiger partial charge is 0.457 e. The Balaban J connectivity index is 0.575. The molecule has 10 heteroatoms. The van der Waals surface area contributed by atoms with Crippen molar-refractivity contribution in [2.45, 2.75) is 10.8 Å². The molecule has 4 aromatic heterocycles. The maximum absolute atomic E-state index is 7.05. The van der Waals surface area contributed by atoms with Gasteiger partial charge in [0.25, 0.3) is 0 Å². The highest BCUT2D eigenvalue weighted by Crippen LogP contribution is 2.66. The van der Waals surface area contributed by atoms with Gasteiger partial charge in [-0.15, -0.1) is 0 Å². The van der Waals surface area contributed by atoms with E-state index in [-0.39, 0.29) is 0 Å². The number of fused-ring (bicyclic) bond motifs is 26. The molecule has 10 nitrogen and oxygen atoms in total. The zero-order chi connectivity index (χ0) is 90.4. The topological polar surface area (TPSA) is 89.7 Å². The van der Waals surface area contributed by atoms with E-state index < -0.39 is 10.8 Å². The van der Waals surface area contributed by atoms with Crippen molar-refractivity contribution in [2.24, 2.45) is 0 Å². The van der Waals surface area contributed by atoms with Crippen LogP contribution in [0.3, 0.4) is 0 Å². The molecule has 642 valence electrons. The van der Waals surface area contributed by atoms with Gasteiger partial charge < -0.3 is 9.47 Å².